The molecule has 1 unspecified atom stereocenters. The lowest BCUT2D eigenvalue weighted by Gasteiger charge is -2.22. The topological polar surface area (TPSA) is 58.6 Å². The predicted molar refractivity (Wildman–Crippen MR) is 103 cm³/mol. The van der Waals surface area contributed by atoms with Crippen molar-refractivity contribution in [1.82, 2.24) is 10.2 Å². The van der Waals surface area contributed by atoms with E-state index < -0.39 is 23.2 Å². The summed E-state index contributed by atoms with van der Waals surface area (Å²) in [6.07, 6.45) is 0. The van der Waals surface area contributed by atoms with Gasteiger partial charge in [0.1, 0.15) is 11.3 Å². The van der Waals surface area contributed by atoms with Crippen LogP contribution in [0.3, 0.4) is 0 Å². The number of nitrogens with one attached hydrogen (secondary N) is 1. The lowest BCUT2D eigenvalue weighted by atomic mass is 9.92. The molecule has 28 heavy (non-hydrogen) atoms. The van der Waals surface area contributed by atoms with E-state index in [1.165, 1.54) is 13.2 Å². The number of halogens is 3. The highest BCUT2D eigenvalue weighted by molar-refractivity contribution is 7.99. The van der Waals surface area contributed by atoms with Crippen molar-refractivity contribution >= 4 is 35.3 Å². The number of imide groups is 1. The highest BCUT2D eigenvalue weighted by Crippen LogP contribution is 2.35. The maximum Gasteiger partial charge on any atom is 0.325 e. The molecular weight excluding hydrogens is 410 g/mol. The van der Waals surface area contributed by atoms with E-state index in [2.05, 4.69) is 5.32 Å². The molecule has 1 saturated heterocycles. The van der Waals surface area contributed by atoms with Gasteiger partial charge in [-0.05, 0) is 42.3 Å². The molecule has 3 amide bonds. The lowest BCUT2D eigenvalue weighted by Crippen LogP contribution is -2.40. The van der Waals surface area contributed by atoms with Crippen LogP contribution in [0.1, 0.15) is 18.1 Å². The molecule has 0 bridgehead atoms. The standard InChI is InChI=1S/C19H17ClF2N2O3S/c1-19(12-4-6-13(20)7-5-12)16(25)24(18(26)23-19)10-11-3-8-15(28-17(21)22)14(9-11)27-2/h3-9,17H,10H2,1-2H3,(H,23,26). The van der Waals surface area contributed by atoms with Crippen LogP contribution in [0.4, 0.5) is 13.6 Å². The number of carbonyl (C=O) groups excluding carboxylic acids is 2. The Hall–Kier alpha value is -2.32. The predicted octanol–water partition coefficient (Wildman–Crippen LogP) is 4.63. The number of carbonyl (C=O) groups is 2. The van der Waals surface area contributed by atoms with Crippen LogP contribution in [0.15, 0.2) is 47.4 Å². The first-order valence-corrected chi connectivity index (χ1v) is 9.52. The van der Waals surface area contributed by atoms with Crippen molar-refractivity contribution in [3.63, 3.8) is 0 Å². The largest absolute Gasteiger partial charge is 0.496 e. The SMILES string of the molecule is COc1cc(CN2C(=O)NC(C)(c3ccc(Cl)cc3)C2=O)ccc1SC(F)F. The summed E-state index contributed by atoms with van der Waals surface area (Å²) >= 11 is 6.27. The smallest absolute Gasteiger partial charge is 0.325 e. The summed E-state index contributed by atoms with van der Waals surface area (Å²) in [4.78, 5) is 26.8. The van der Waals surface area contributed by atoms with Crippen LogP contribution in [0.25, 0.3) is 0 Å². The first kappa shape index (κ1) is 20.4. The molecule has 0 saturated carbocycles. The van der Waals surface area contributed by atoms with Gasteiger partial charge in [0.05, 0.1) is 18.6 Å². The van der Waals surface area contributed by atoms with E-state index in [-0.39, 0.29) is 17.2 Å². The summed E-state index contributed by atoms with van der Waals surface area (Å²) < 4.78 is 30.4. The first-order chi connectivity index (χ1) is 13.2. The van der Waals surface area contributed by atoms with Gasteiger partial charge in [0.25, 0.3) is 11.7 Å². The molecule has 1 fully saturated rings. The van der Waals surface area contributed by atoms with Gasteiger partial charge in [0.15, 0.2) is 0 Å². The third-order valence-electron chi connectivity index (χ3n) is 4.48. The van der Waals surface area contributed by atoms with Crippen LogP contribution in [0, 0.1) is 0 Å². The minimum absolute atomic E-state index is 0.0101. The maximum atomic E-state index is 13.0. The monoisotopic (exact) mass is 426 g/mol. The van der Waals surface area contributed by atoms with Gasteiger partial charge in [-0.25, -0.2) is 4.79 Å². The fourth-order valence-electron chi connectivity index (χ4n) is 3.01. The van der Waals surface area contributed by atoms with Crippen LogP contribution >= 0.6 is 23.4 Å². The number of hydrogen-bond donors (Lipinski definition) is 1. The zero-order chi connectivity index (χ0) is 20.5. The Balaban J connectivity index is 1.84. The van der Waals surface area contributed by atoms with Crippen LogP contribution in [0.5, 0.6) is 5.75 Å². The van der Waals surface area contributed by atoms with Crippen LogP contribution in [-0.4, -0.2) is 29.7 Å². The molecule has 5 nitrogen and oxygen atoms in total. The Morgan fingerprint density at radius 3 is 2.50 bits per heavy atom. The van der Waals surface area contributed by atoms with Crippen LogP contribution < -0.4 is 10.1 Å². The lowest BCUT2D eigenvalue weighted by molar-refractivity contribution is -0.131. The molecule has 1 atom stereocenters. The molecule has 1 heterocycles. The van der Waals surface area contributed by atoms with Gasteiger partial charge in [-0.15, -0.1) is 0 Å². The van der Waals surface area contributed by atoms with E-state index in [4.69, 9.17) is 16.3 Å². The average molecular weight is 427 g/mol. The third kappa shape index (κ3) is 3.93. The molecule has 0 aromatic heterocycles. The number of methoxy groups -OCH3 is 1. The van der Waals surface area contributed by atoms with Gasteiger partial charge >= 0.3 is 6.03 Å². The molecule has 0 spiro atoms. The van der Waals surface area contributed by atoms with Gasteiger partial charge in [0, 0.05) is 5.02 Å². The summed E-state index contributed by atoms with van der Waals surface area (Å²) in [5.41, 5.74) is -0.0182. The number of alkyl halides is 2. The highest BCUT2D eigenvalue weighted by atomic mass is 35.5. The Bertz CT molecular complexity index is 911. The minimum Gasteiger partial charge on any atom is -0.496 e. The van der Waals surface area contributed by atoms with Gasteiger partial charge in [-0.1, -0.05) is 41.6 Å². The fraction of sp³-hybridized carbons (Fsp3) is 0.263. The van der Waals surface area contributed by atoms with Crippen molar-refractivity contribution in [3.05, 3.63) is 58.6 Å². The summed E-state index contributed by atoms with van der Waals surface area (Å²) in [5.74, 6) is -2.73. The van der Waals surface area contributed by atoms with Gasteiger partial charge in [-0.3, -0.25) is 9.69 Å². The molecule has 148 valence electrons. The van der Waals surface area contributed by atoms with Crippen molar-refractivity contribution in [2.75, 3.05) is 7.11 Å². The third-order valence-corrected chi connectivity index (χ3v) is 5.50. The Kier molecular flexibility index (Phi) is 5.81. The molecule has 1 aliphatic heterocycles. The summed E-state index contributed by atoms with van der Waals surface area (Å²) in [5, 5.41) is 3.24. The number of benzene rings is 2. The van der Waals surface area contributed by atoms with Crippen molar-refractivity contribution in [2.45, 2.75) is 29.7 Å². The van der Waals surface area contributed by atoms with Crippen molar-refractivity contribution in [2.24, 2.45) is 0 Å². The Morgan fingerprint density at radius 1 is 1.21 bits per heavy atom. The molecule has 9 heteroatoms. The molecule has 3 rings (SSSR count). The number of nitrogens with zero attached hydrogens (tertiary/aromatic N) is 1. The Labute approximate surface area is 170 Å². The minimum atomic E-state index is -2.58. The molecule has 1 aliphatic rings. The maximum absolute atomic E-state index is 13.0. The van der Waals surface area contributed by atoms with E-state index in [0.29, 0.717) is 27.9 Å². The quantitative estimate of drug-likeness (QED) is 0.540. The molecule has 2 aromatic rings. The second-order valence-electron chi connectivity index (χ2n) is 6.32. The van der Waals surface area contributed by atoms with E-state index in [9.17, 15) is 18.4 Å². The van der Waals surface area contributed by atoms with E-state index in [1.807, 2.05) is 0 Å². The molecular formula is C19H17ClF2N2O3S. The number of urea groups is 1. The number of rotatable bonds is 6. The van der Waals surface area contributed by atoms with Crippen molar-refractivity contribution in [3.8, 4) is 5.75 Å². The van der Waals surface area contributed by atoms with Gasteiger partial charge in [-0.2, -0.15) is 8.78 Å². The highest BCUT2D eigenvalue weighted by Gasteiger charge is 2.48. The summed E-state index contributed by atoms with van der Waals surface area (Å²) in [7, 11) is 1.37. The summed E-state index contributed by atoms with van der Waals surface area (Å²) in [6.45, 7) is 1.61. The summed E-state index contributed by atoms with van der Waals surface area (Å²) in [6, 6.07) is 10.7. The average Bonchev–Trinajstić information content (AvgIpc) is 2.87. The molecule has 1 N–H and O–H groups in total. The number of amides is 3. The number of ether oxygens (including phenoxy) is 1. The van der Waals surface area contributed by atoms with Crippen LogP contribution in [0.2, 0.25) is 5.02 Å². The second kappa shape index (κ2) is 7.97. The molecule has 2 aromatic carbocycles. The van der Waals surface area contributed by atoms with Gasteiger partial charge in [0.2, 0.25) is 0 Å². The normalized spacial score (nSPS) is 19.3. The van der Waals surface area contributed by atoms with E-state index in [1.54, 1.807) is 43.3 Å². The zero-order valence-corrected chi connectivity index (χ0v) is 16.6. The van der Waals surface area contributed by atoms with Crippen LogP contribution in [-0.2, 0) is 16.9 Å². The fourth-order valence-corrected chi connectivity index (χ4v) is 3.73. The van der Waals surface area contributed by atoms with Gasteiger partial charge < -0.3 is 10.1 Å². The van der Waals surface area contributed by atoms with Crippen molar-refractivity contribution in [1.29, 1.82) is 0 Å². The zero-order valence-electron chi connectivity index (χ0n) is 15.0. The van der Waals surface area contributed by atoms with Crippen molar-refractivity contribution < 1.29 is 23.1 Å². The van der Waals surface area contributed by atoms with E-state index in [0.717, 1.165) is 4.90 Å². The second-order valence-corrected chi connectivity index (χ2v) is 7.79. The first-order valence-electron chi connectivity index (χ1n) is 8.26. The number of thioether (sulfide) groups is 1. The number of hydrogen-bond acceptors (Lipinski definition) is 4. The molecule has 0 aliphatic carbocycles. The van der Waals surface area contributed by atoms with E-state index >= 15 is 0 Å². The molecule has 0 radical (unpaired) electrons. The Morgan fingerprint density at radius 2 is 1.89 bits per heavy atom.